The van der Waals surface area contributed by atoms with Gasteiger partial charge in [0.05, 0.1) is 13.1 Å². The first-order valence-corrected chi connectivity index (χ1v) is 7.15. The third kappa shape index (κ3) is 3.83. The van der Waals surface area contributed by atoms with E-state index in [1.54, 1.807) is 4.90 Å². The van der Waals surface area contributed by atoms with Crippen molar-refractivity contribution in [1.82, 2.24) is 10.2 Å². The van der Waals surface area contributed by atoms with Crippen LogP contribution in [-0.4, -0.2) is 30.9 Å². The smallest absolute Gasteiger partial charge is 0.236 e. The van der Waals surface area contributed by atoms with E-state index >= 15 is 0 Å². The van der Waals surface area contributed by atoms with Gasteiger partial charge in [0.15, 0.2) is 0 Å². The lowest BCUT2D eigenvalue weighted by molar-refractivity contribution is -0.129. The first-order chi connectivity index (χ1) is 9.11. The third-order valence-electron chi connectivity index (χ3n) is 3.68. The lowest BCUT2D eigenvalue weighted by Crippen LogP contribution is -2.35. The van der Waals surface area contributed by atoms with Crippen molar-refractivity contribution in [2.24, 2.45) is 5.92 Å². The number of hydrogen-bond donors (Lipinski definition) is 1. The second-order valence-corrected chi connectivity index (χ2v) is 5.55. The van der Waals surface area contributed by atoms with Crippen LogP contribution in [0.4, 0.5) is 0 Å². The quantitative estimate of drug-likeness (QED) is 0.769. The predicted octanol–water partition coefficient (Wildman–Crippen LogP) is 2.36. The normalized spacial score (nSPS) is 21.4. The summed E-state index contributed by atoms with van der Waals surface area (Å²) in [6, 6.07) is 4.04. The van der Waals surface area contributed by atoms with Crippen LogP contribution in [0.25, 0.3) is 0 Å². The van der Waals surface area contributed by atoms with Crippen LogP contribution >= 0.6 is 0 Å². The molecule has 2 unspecified atom stereocenters. The van der Waals surface area contributed by atoms with E-state index in [-0.39, 0.29) is 5.91 Å². The van der Waals surface area contributed by atoms with Crippen LogP contribution in [0.5, 0.6) is 0 Å². The average Bonchev–Trinajstić information content (AvgIpc) is 2.93. The second-order valence-electron chi connectivity index (χ2n) is 5.55. The van der Waals surface area contributed by atoms with E-state index in [2.05, 4.69) is 25.2 Å². The van der Waals surface area contributed by atoms with Gasteiger partial charge < -0.3 is 14.6 Å². The molecule has 0 saturated heterocycles. The summed E-state index contributed by atoms with van der Waals surface area (Å²) in [6.45, 7) is 6.15. The summed E-state index contributed by atoms with van der Waals surface area (Å²) in [6.07, 6.45) is 2.26. The van der Waals surface area contributed by atoms with Crippen molar-refractivity contribution in [1.29, 1.82) is 0 Å². The Morgan fingerprint density at radius 3 is 2.89 bits per heavy atom. The van der Waals surface area contributed by atoms with Gasteiger partial charge in [-0.05, 0) is 37.4 Å². The van der Waals surface area contributed by atoms with Gasteiger partial charge in [-0.2, -0.15) is 0 Å². The third-order valence-corrected chi connectivity index (χ3v) is 3.68. The van der Waals surface area contributed by atoms with Crippen LogP contribution < -0.4 is 5.32 Å². The maximum atomic E-state index is 11.8. The highest BCUT2D eigenvalue weighted by molar-refractivity contribution is 5.77. The van der Waals surface area contributed by atoms with Crippen LogP contribution in [0, 0.1) is 5.92 Å². The molecule has 1 heterocycles. The molecule has 106 valence electrons. The molecule has 2 atom stereocenters. The Morgan fingerprint density at radius 2 is 2.26 bits per heavy atom. The fourth-order valence-electron chi connectivity index (χ4n) is 2.23. The summed E-state index contributed by atoms with van der Waals surface area (Å²) in [7, 11) is 1.82. The summed E-state index contributed by atoms with van der Waals surface area (Å²) < 4.78 is 5.81. The first kappa shape index (κ1) is 14.1. The largest absolute Gasteiger partial charge is 0.464 e. The number of nitrogens with zero attached hydrogens (tertiary/aromatic N) is 1. The molecular weight excluding hydrogens is 240 g/mol. The zero-order valence-corrected chi connectivity index (χ0v) is 12.1. The van der Waals surface area contributed by atoms with Crippen molar-refractivity contribution in [2.75, 3.05) is 20.1 Å². The molecule has 0 aliphatic heterocycles. The van der Waals surface area contributed by atoms with Crippen molar-refractivity contribution < 1.29 is 9.21 Å². The zero-order chi connectivity index (χ0) is 13.8. The fraction of sp³-hybridized carbons (Fsp3) is 0.667. The van der Waals surface area contributed by atoms with Crippen molar-refractivity contribution in [2.45, 2.75) is 39.2 Å². The van der Waals surface area contributed by atoms with E-state index in [0.29, 0.717) is 19.0 Å². The maximum absolute atomic E-state index is 11.8. The number of likely N-dealkylation sites (N-methyl/N-ethyl adjacent to an activating group) is 1. The molecule has 1 aliphatic carbocycles. The minimum atomic E-state index is 0.103. The molecule has 0 radical (unpaired) electrons. The zero-order valence-electron chi connectivity index (χ0n) is 12.1. The number of amides is 1. The average molecular weight is 264 g/mol. The Kier molecular flexibility index (Phi) is 4.64. The van der Waals surface area contributed by atoms with Gasteiger partial charge in [-0.3, -0.25) is 4.79 Å². The molecule has 1 aromatic heterocycles. The van der Waals surface area contributed by atoms with Crippen molar-refractivity contribution in [3.8, 4) is 0 Å². The Balaban J connectivity index is 1.79. The number of nitrogens with one attached hydrogen (secondary N) is 1. The number of carbonyl (C=O) groups excluding carboxylic acids is 1. The van der Waals surface area contributed by atoms with Crippen LogP contribution in [-0.2, 0) is 11.3 Å². The Hall–Kier alpha value is -1.29. The van der Waals surface area contributed by atoms with Gasteiger partial charge in [0, 0.05) is 13.0 Å². The molecule has 0 bridgehead atoms. The van der Waals surface area contributed by atoms with E-state index in [1.807, 2.05) is 13.1 Å². The van der Waals surface area contributed by atoms with E-state index in [0.717, 1.165) is 30.4 Å². The predicted molar refractivity (Wildman–Crippen MR) is 74.9 cm³/mol. The maximum Gasteiger partial charge on any atom is 0.236 e. The second kappa shape index (κ2) is 6.24. The van der Waals surface area contributed by atoms with Crippen molar-refractivity contribution in [3.63, 3.8) is 0 Å². The van der Waals surface area contributed by atoms with Crippen LogP contribution in [0.15, 0.2) is 16.5 Å². The molecule has 4 heteroatoms. The molecule has 1 amide bonds. The van der Waals surface area contributed by atoms with Gasteiger partial charge in [-0.15, -0.1) is 0 Å². The van der Waals surface area contributed by atoms with Gasteiger partial charge in [0.25, 0.3) is 0 Å². The van der Waals surface area contributed by atoms with Crippen LogP contribution in [0.1, 0.15) is 44.1 Å². The molecule has 1 fully saturated rings. The minimum absolute atomic E-state index is 0.103. The topological polar surface area (TPSA) is 45.5 Å². The van der Waals surface area contributed by atoms with E-state index < -0.39 is 0 Å². The molecule has 19 heavy (non-hydrogen) atoms. The van der Waals surface area contributed by atoms with Crippen LogP contribution in [0.2, 0.25) is 0 Å². The van der Waals surface area contributed by atoms with E-state index in [1.165, 1.54) is 6.42 Å². The molecule has 2 rings (SSSR count). The first-order valence-electron chi connectivity index (χ1n) is 7.15. The standard InChI is InChI=1S/C15H24N2O2/c1-4-7-16-9-15(18)17(3)10-12-5-6-14(19-12)13-8-11(13)2/h5-6,11,13,16H,4,7-10H2,1-3H3. The van der Waals surface area contributed by atoms with Crippen LogP contribution in [0.3, 0.4) is 0 Å². The van der Waals surface area contributed by atoms with Gasteiger partial charge in [-0.1, -0.05) is 13.8 Å². The lowest BCUT2D eigenvalue weighted by Gasteiger charge is -2.16. The van der Waals surface area contributed by atoms with E-state index in [9.17, 15) is 4.79 Å². The number of rotatable bonds is 7. The summed E-state index contributed by atoms with van der Waals surface area (Å²) in [5.41, 5.74) is 0. The molecule has 1 aromatic rings. The highest BCUT2D eigenvalue weighted by Crippen LogP contribution is 2.47. The monoisotopic (exact) mass is 264 g/mol. The summed E-state index contributed by atoms with van der Waals surface area (Å²) in [4.78, 5) is 13.6. The van der Waals surface area contributed by atoms with Crippen molar-refractivity contribution >= 4 is 5.91 Å². The molecular formula is C15H24N2O2. The van der Waals surface area contributed by atoms with Gasteiger partial charge in [0.2, 0.25) is 5.91 Å². The Bertz CT molecular complexity index is 428. The summed E-state index contributed by atoms with van der Waals surface area (Å²) in [5.74, 6) is 3.40. The molecule has 1 saturated carbocycles. The van der Waals surface area contributed by atoms with Gasteiger partial charge in [-0.25, -0.2) is 0 Å². The Morgan fingerprint density at radius 1 is 1.53 bits per heavy atom. The molecule has 1 N–H and O–H groups in total. The number of furan rings is 1. The molecule has 1 aliphatic rings. The SMILES string of the molecule is CCCNCC(=O)N(C)Cc1ccc(C2CC2C)o1. The Labute approximate surface area is 115 Å². The molecule has 4 nitrogen and oxygen atoms in total. The van der Waals surface area contributed by atoms with Crippen molar-refractivity contribution in [3.05, 3.63) is 23.7 Å². The summed E-state index contributed by atoms with van der Waals surface area (Å²) >= 11 is 0. The van der Waals surface area contributed by atoms with E-state index in [4.69, 9.17) is 4.42 Å². The fourth-order valence-corrected chi connectivity index (χ4v) is 2.23. The summed E-state index contributed by atoms with van der Waals surface area (Å²) in [5, 5.41) is 3.12. The lowest BCUT2D eigenvalue weighted by atomic mass is 10.3. The highest BCUT2D eigenvalue weighted by Gasteiger charge is 2.36. The highest BCUT2D eigenvalue weighted by atomic mass is 16.3. The number of carbonyl (C=O) groups is 1. The minimum Gasteiger partial charge on any atom is -0.464 e. The van der Waals surface area contributed by atoms with Gasteiger partial charge in [0.1, 0.15) is 11.5 Å². The number of hydrogen-bond acceptors (Lipinski definition) is 3. The molecule has 0 spiro atoms. The molecule has 0 aromatic carbocycles. The van der Waals surface area contributed by atoms with Gasteiger partial charge >= 0.3 is 0 Å².